The average molecular weight is 172 g/mol. The highest BCUT2D eigenvalue weighted by Crippen LogP contribution is 2.04. The van der Waals surface area contributed by atoms with E-state index in [-0.39, 0.29) is 5.69 Å². The molecule has 1 heterocycles. The van der Waals surface area contributed by atoms with Crippen LogP contribution >= 0.6 is 0 Å². The molecule has 0 atom stereocenters. The number of allylic oxidation sites excluding steroid dienone is 2. The first-order valence-electron chi connectivity index (χ1n) is 3.80. The van der Waals surface area contributed by atoms with Crippen molar-refractivity contribution in [1.82, 2.24) is 9.55 Å². The minimum Gasteiger partial charge on any atom is -0.317 e. The van der Waals surface area contributed by atoms with Gasteiger partial charge >= 0.3 is 0 Å². The van der Waals surface area contributed by atoms with Gasteiger partial charge in [0.25, 0.3) is 0 Å². The smallest absolute Gasteiger partial charge is 0.176 e. The summed E-state index contributed by atoms with van der Waals surface area (Å²) in [4.78, 5) is 3.80. The van der Waals surface area contributed by atoms with Crippen LogP contribution in [0, 0.1) is 22.7 Å². The molecule has 1 aromatic rings. The molecule has 0 bridgehead atoms. The summed E-state index contributed by atoms with van der Waals surface area (Å²) in [6.07, 6.45) is 5.27. The third-order valence-electron chi connectivity index (χ3n) is 1.59. The topological polar surface area (TPSA) is 65.4 Å². The van der Waals surface area contributed by atoms with Gasteiger partial charge in [-0.3, -0.25) is 0 Å². The molecule has 0 aliphatic rings. The summed E-state index contributed by atoms with van der Waals surface area (Å²) in [6, 6.07) is 3.81. The predicted octanol–water partition coefficient (Wildman–Crippen LogP) is 1.20. The highest BCUT2D eigenvalue weighted by molar-refractivity contribution is 5.36. The van der Waals surface area contributed by atoms with Crippen molar-refractivity contribution in [3.63, 3.8) is 0 Å². The van der Waals surface area contributed by atoms with Crippen molar-refractivity contribution < 1.29 is 0 Å². The number of imidazole rings is 1. The van der Waals surface area contributed by atoms with Crippen LogP contribution in [0.2, 0.25) is 0 Å². The highest BCUT2D eigenvalue weighted by Gasteiger charge is 2.07. The zero-order chi connectivity index (χ0) is 9.68. The van der Waals surface area contributed by atoms with Gasteiger partial charge in [0.05, 0.1) is 6.33 Å². The summed E-state index contributed by atoms with van der Waals surface area (Å²) in [5.41, 5.74) is 0.507. The van der Waals surface area contributed by atoms with E-state index in [0.29, 0.717) is 12.2 Å². The maximum Gasteiger partial charge on any atom is 0.176 e. The monoisotopic (exact) mass is 172 g/mol. The molecule has 4 nitrogen and oxygen atoms in total. The van der Waals surface area contributed by atoms with E-state index < -0.39 is 0 Å². The van der Waals surface area contributed by atoms with Gasteiger partial charge in [0.2, 0.25) is 0 Å². The second-order valence-corrected chi connectivity index (χ2v) is 2.39. The molecular weight excluding hydrogens is 164 g/mol. The van der Waals surface area contributed by atoms with Crippen molar-refractivity contribution in [2.24, 2.45) is 0 Å². The number of aromatic nitrogens is 2. The molecule has 4 heteroatoms. The van der Waals surface area contributed by atoms with Crippen LogP contribution in [0.15, 0.2) is 18.5 Å². The van der Waals surface area contributed by atoms with E-state index in [1.807, 2.05) is 31.2 Å². The lowest BCUT2D eigenvalue weighted by atomic mass is 10.3. The number of rotatable bonds is 2. The molecule has 0 saturated heterocycles. The Morgan fingerprint density at radius 3 is 2.85 bits per heavy atom. The van der Waals surface area contributed by atoms with Crippen LogP contribution in [0.3, 0.4) is 0 Å². The summed E-state index contributed by atoms with van der Waals surface area (Å²) in [5, 5.41) is 17.3. The Kier molecular flexibility index (Phi) is 2.83. The first kappa shape index (κ1) is 9.02. The maximum atomic E-state index is 8.73. The van der Waals surface area contributed by atoms with Gasteiger partial charge in [0, 0.05) is 6.54 Å². The Balaban J connectivity index is 3.04. The SMILES string of the molecule is C/C=C/Cn1cnc(C#N)c1C#N. The van der Waals surface area contributed by atoms with Crippen LogP contribution in [0.1, 0.15) is 18.3 Å². The number of hydrogen-bond acceptors (Lipinski definition) is 3. The normalized spacial score (nSPS) is 9.77. The molecule has 0 aliphatic carbocycles. The molecule has 64 valence electrons. The Morgan fingerprint density at radius 1 is 1.54 bits per heavy atom. The summed E-state index contributed by atoms with van der Waals surface area (Å²) in [5.74, 6) is 0. The van der Waals surface area contributed by atoms with Crippen LogP contribution in [0.25, 0.3) is 0 Å². The fraction of sp³-hybridized carbons (Fsp3) is 0.222. The van der Waals surface area contributed by atoms with Crippen molar-refractivity contribution in [3.05, 3.63) is 29.9 Å². The lowest BCUT2D eigenvalue weighted by molar-refractivity contribution is 0.806. The molecule has 0 spiro atoms. The number of nitrogens with zero attached hydrogens (tertiary/aromatic N) is 4. The Morgan fingerprint density at radius 2 is 2.31 bits per heavy atom. The standard InChI is InChI=1S/C9H8N4/c1-2-3-4-13-7-12-8(5-10)9(13)6-11/h2-3,7H,4H2,1H3/b3-2+. The van der Waals surface area contributed by atoms with Gasteiger partial charge in [-0.25, -0.2) is 4.98 Å². The highest BCUT2D eigenvalue weighted by atomic mass is 15.0. The van der Waals surface area contributed by atoms with E-state index in [9.17, 15) is 0 Å². The first-order chi connectivity index (χ1) is 6.33. The zero-order valence-electron chi connectivity index (χ0n) is 7.23. The van der Waals surface area contributed by atoms with Crippen LogP contribution in [-0.2, 0) is 6.54 Å². The lowest BCUT2D eigenvalue weighted by Gasteiger charge is -1.96. The molecule has 1 rings (SSSR count). The molecule has 0 amide bonds. The van der Waals surface area contributed by atoms with Crippen molar-refractivity contribution in [1.29, 1.82) is 10.5 Å². The van der Waals surface area contributed by atoms with Gasteiger partial charge in [0.15, 0.2) is 11.4 Å². The summed E-state index contributed by atoms with van der Waals surface area (Å²) in [6.45, 7) is 2.47. The molecule has 0 fully saturated rings. The van der Waals surface area contributed by atoms with E-state index in [2.05, 4.69) is 4.98 Å². The molecule has 0 aliphatic heterocycles. The second kappa shape index (κ2) is 4.08. The minimum atomic E-state index is 0.187. The van der Waals surface area contributed by atoms with Crippen LogP contribution in [0.4, 0.5) is 0 Å². The van der Waals surface area contributed by atoms with Gasteiger partial charge in [-0.1, -0.05) is 12.2 Å². The van der Waals surface area contributed by atoms with E-state index in [4.69, 9.17) is 10.5 Å². The lowest BCUT2D eigenvalue weighted by Crippen LogP contribution is -1.97. The molecular formula is C9H8N4. The van der Waals surface area contributed by atoms with E-state index >= 15 is 0 Å². The van der Waals surface area contributed by atoms with Gasteiger partial charge in [-0.05, 0) is 6.92 Å². The minimum absolute atomic E-state index is 0.187. The van der Waals surface area contributed by atoms with Crippen molar-refractivity contribution in [2.75, 3.05) is 0 Å². The Hall–Kier alpha value is -2.07. The fourth-order valence-corrected chi connectivity index (χ4v) is 0.939. The summed E-state index contributed by atoms with van der Waals surface area (Å²) < 4.78 is 1.64. The molecule has 1 aromatic heterocycles. The number of nitriles is 2. The largest absolute Gasteiger partial charge is 0.317 e. The van der Waals surface area contributed by atoms with E-state index in [1.54, 1.807) is 4.57 Å². The van der Waals surface area contributed by atoms with Crippen LogP contribution in [0.5, 0.6) is 0 Å². The molecule has 0 aromatic carbocycles. The third-order valence-corrected chi connectivity index (χ3v) is 1.59. The first-order valence-corrected chi connectivity index (χ1v) is 3.80. The van der Waals surface area contributed by atoms with Gasteiger partial charge in [0.1, 0.15) is 12.1 Å². The third kappa shape index (κ3) is 1.74. The van der Waals surface area contributed by atoms with Crippen LogP contribution in [-0.4, -0.2) is 9.55 Å². The number of hydrogen-bond donors (Lipinski definition) is 0. The van der Waals surface area contributed by atoms with Gasteiger partial charge in [-0.15, -0.1) is 0 Å². The van der Waals surface area contributed by atoms with E-state index in [0.717, 1.165) is 0 Å². The molecule has 0 radical (unpaired) electrons. The van der Waals surface area contributed by atoms with Gasteiger partial charge in [-0.2, -0.15) is 10.5 Å². The second-order valence-electron chi connectivity index (χ2n) is 2.39. The Labute approximate surface area is 76.4 Å². The predicted molar refractivity (Wildman–Crippen MR) is 46.5 cm³/mol. The Bertz CT molecular complexity index is 400. The summed E-state index contributed by atoms with van der Waals surface area (Å²) in [7, 11) is 0. The molecule has 13 heavy (non-hydrogen) atoms. The fourth-order valence-electron chi connectivity index (χ4n) is 0.939. The average Bonchev–Trinajstić information content (AvgIpc) is 2.56. The van der Waals surface area contributed by atoms with Crippen molar-refractivity contribution >= 4 is 0 Å². The summed E-state index contributed by atoms with van der Waals surface area (Å²) >= 11 is 0. The van der Waals surface area contributed by atoms with Gasteiger partial charge < -0.3 is 4.57 Å². The molecule has 0 saturated carbocycles. The van der Waals surface area contributed by atoms with Crippen molar-refractivity contribution in [3.8, 4) is 12.1 Å². The molecule has 0 unspecified atom stereocenters. The van der Waals surface area contributed by atoms with Crippen LogP contribution < -0.4 is 0 Å². The zero-order valence-corrected chi connectivity index (χ0v) is 7.23. The quantitative estimate of drug-likeness (QED) is 0.629. The van der Waals surface area contributed by atoms with Crippen molar-refractivity contribution in [2.45, 2.75) is 13.5 Å². The van der Waals surface area contributed by atoms with E-state index in [1.165, 1.54) is 6.33 Å². The molecule has 0 N–H and O–H groups in total. The maximum absolute atomic E-state index is 8.73.